The van der Waals surface area contributed by atoms with Gasteiger partial charge in [0.2, 0.25) is 5.75 Å². The lowest BCUT2D eigenvalue weighted by Gasteiger charge is -2.38. The van der Waals surface area contributed by atoms with Gasteiger partial charge in [-0.15, -0.1) is 0 Å². The van der Waals surface area contributed by atoms with E-state index in [1.165, 1.54) is 28.4 Å². The normalized spacial score (nSPS) is 22.0. The lowest BCUT2D eigenvalue weighted by atomic mass is 9.69. The first-order valence-electron chi connectivity index (χ1n) is 11.0. The molecule has 9 heteroatoms. The highest BCUT2D eigenvalue weighted by molar-refractivity contribution is 6.12. The molecule has 2 aliphatic rings. The number of esters is 2. The van der Waals surface area contributed by atoms with Crippen molar-refractivity contribution < 1.29 is 38.1 Å². The van der Waals surface area contributed by atoms with E-state index in [9.17, 15) is 14.4 Å². The number of nitrogens with one attached hydrogen (secondary N) is 1. The number of Topliss-reactive ketones (excluding diaryl/α,β-unsaturated/α-hetero) is 1. The molecule has 9 nitrogen and oxygen atoms in total. The summed E-state index contributed by atoms with van der Waals surface area (Å²) < 4.78 is 26.7. The van der Waals surface area contributed by atoms with Crippen LogP contribution in [0.25, 0.3) is 0 Å². The van der Waals surface area contributed by atoms with Gasteiger partial charge in [0.25, 0.3) is 0 Å². The predicted molar refractivity (Wildman–Crippen MR) is 123 cm³/mol. The zero-order valence-electron chi connectivity index (χ0n) is 20.6. The van der Waals surface area contributed by atoms with E-state index in [-0.39, 0.29) is 23.9 Å². The summed E-state index contributed by atoms with van der Waals surface area (Å²) in [5, 5.41) is 3.22. The van der Waals surface area contributed by atoms with Crippen LogP contribution in [0.4, 0.5) is 0 Å². The van der Waals surface area contributed by atoms with E-state index in [0.29, 0.717) is 46.2 Å². The van der Waals surface area contributed by atoms with Crippen molar-refractivity contribution in [1.29, 1.82) is 0 Å². The Morgan fingerprint density at radius 3 is 2.18 bits per heavy atom. The van der Waals surface area contributed by atoms with Gasteiger partial charge in [-0.3, -0.25) is 9.59 Å². The van der Waals surface area contributed by atoms with E-state index in [4.69, 9.17) is 23.7 Å². The molecule has 0 saturated carbocycles. The van der Waals surface area contributed by atoms with E-state index >= 15 is 0 Å². The number of ether oxygens (including phenoxy) is 5. The standard InChI is InChI=1S/C25H31NO8/c1-8-34-25(29)19-13(3)26-15-9-12(2)18(24(28)33-7)22(27)21(15)20(19)14-10-16(30-4)23(32-6)17(11-14)31-5/h10-12,18,20,26H,8-9H2,1-7H3/t12-,18-,20-/m0/s1. The van der Waals surface area contributed by atoms with E-state index < -0.39 is 23.8 Å². The van der Waals surface area contributed by atoms with Crippen molar-refractivity contribution in [3.8, 4) is 17.2 Å². The van der Waals surface area contributed by atoms with Gasteiger partial charge in [0.15, 0.2) is 17.3 Å². The highest BCUT2D eigenvalue weighted by atomic mass is 16.5. The Hall–Kier alpha value is -3.49. The van der Waals surface area contributed by atoms with Crippen LogP contribution in [0.1, 0.15) is 38.7 Å². The van der Waals surface area contributed by atoms with E-state index in [0.717, 1.165) is 0 Å². The van der Waals surface area contributed by atoms with Gasteiger partial charge in [-0.25, -0.2) is 4.79 Å². The molecule has 3 atom stereocenters. The van der Waals surface area contributed by atoms with Gasteiger partial charge in [0.1, 0.15) is 5.92 Å². The van der Waals surface area contributed by atoms with Gasteiger partial charge < -0.3 is 29.0 Å². The Kier molecular flexibility index (Phi) is 7.54. The molecule has 0 spiro atoms. The number of ketones is 1. The van der Waals surface area contributed by atoms with Gasteiger partial charge in [-0.05, 0) is 43.9 Å². The molecule has 1 heterocycles. The van der Waals surface area contributed by atoms with Crippen LogP contribution >= 0.6 is 0 Å². The van der Waals surface area contributed by atoms with Crippen molar-refractivity contribution in [2.24, 2.45) is 11.8 Å². The number of hydrogen-bond acceptors (Lipinski definition) is 9. The molecule has 0 aromatic heterocycles. The maximum Gasteiger partial charge on any atom is 0.336 e. The third-order valence-electron chi connectivity index (χ3n) is 6.26. The number of benzene rings is 1. The van der Waals surface area contributed by atoms with Gasteiger partial charge in [-0.2, -0.15) is 0 Å². The van der Waals surface area contributed by atoms with Gasteiger partial charge >= 0.3 is 11.9 Å². The maximum atomic E-state index is 13.8. The minimum atomic E-state index is -0.975. The summed E-state index contributed by atoms with van der Waals surface area (Å²) >= 11 is 0. The molecule has 0 saturated heterocycles. The van der Waals surface area contributed by atoms with Crippen LogP contribution in [0.3, 0.4) is 0 Å². The molecule has 1 aromatic carbocycles. The molecule has 0 radical (unpaired) electrons. The third kappa shape index (κ3) is 4.22. The van der Waals surface area contributed by atoms with Crippen LogP contribution in [-0.4, -0.2) is 52.8 Å². The molecule has 0 amide bonds. The fraction of sp³-hybridized carbons (Fsp3) is 0.480. The number of carbonyl (C=O) groups is 3. The highest BCUT2D eigenvalue weighted by Gasteiger charge is 2.47. The summed E-state index contributed by atoms with van der Waals surface area (Å²) in [5.41, 5.74) is 2.42. The van der Waals surface area contributed by atoms with Crippen LogP contribution < -0.4 is 19.5 Å². The largest absolute Gasteiger partial charge is 0.493 e. The molecule has 1 aromatic rings. The van der Waals surface area contributed by atoms with Crippen LogP contribution in [0.5, 0.6) is 17.2 Å². The number of carbonyl (C=O) groups excluding carboxylic acids is 3. The molecular weight excluding hydrogens is 442 g/mol. The van der Waals surface area contributed by atoms with Crippen LogP contribution in [-0.2, 0) is 23.9 Å². The Morgan fingerprint density at radius 2 is 1.68 bits per heavy atom. The monoisotopic (exact) mass is 473 g/mol. The van der Waals surface area contributed by atoms with E-state index in [2.05, 4.69) is 5.32 Å². The highest BCUT2D eigenvalue weighted by Crippen LogP contribution is 2.48. The average Bonchev–Trinajstić information content (AvgIpc) is 2.81. The predicted octanol–water partition coefficient (Wildman–Crippen LogP) is 2.89. The molecule has 1 N–H and O–H groups in total. The summed E-state index contributed by atoms with van der Waals surface area (Å²) in [7, 11) is 5.73. The molecule has 0 unspecified atom stereocenters. The van der Waals surface area contributed by atoms with Crippen molar-refractivity contribution in [3.63, 3.8) is 0 Å². The molecule has 0 fully saturated rings. The number of dihydropyridines is 1. The first-order chi connectivity index (χ1) is 16.2. The molecule has 1 aliphatic carbocycles. The van der Waals surface area contributed by atoms with E-state index in [1.807, 2.05) is 6.92 Å². The van der Waals surface area contributed by atoms with Crippen molar-refractivity contribution in [1.82, 2.24) is 5.32 Å². The summed E-state index contributed by atoms with van der Waals surface area (Å²) in [6, 6.07) is 3.40. The average molecular weight is 474 g/mol. The smallest absolute Gasteiger partial charge is 0.336 e. The minimum absolute atomic E-state index is 0.166. The van der Waals surface area contributed by atoms with Crippen LogP contribution in [0, 0.1) is 11.8 Å². The summed E-state index contributed by atoms with van der Waals surface area (Å²) in [6.07, 6.45) is 0.440. The Morgan fingerprint density at radius 1 is 1.06 bits per heavy atom. The van der Waals surface area contributed by atoms with Crippen LogP contribution in [0.15, 0.2) is 34.7 Å². The summed E-state index contributed by atoms with van der Waals surface area (Å²) in [4.78, 5) is 39.4. The second-order valence-corrected chi connectivity index (χ2v) is 8.21. The fourth-order valence-electron chi connectivity index (χ4n) is 4.76. The van der Waals surface area contributed by atoms with E-state index in [1.54, 1.807) is 26.0 Å². The van der Waals surface area contributed by atoms with Crippen molar-refractivity contribution in [3.05, 3.63) is 40.2 Å². The summed E-state index contributed by atoms with van der Waals surface area (Å²) in [6.45, 7) is 5.48. The number of hydrogen-bond donors (Lipinski definition) is 1. The molecule has 34 heavy (non-hydrogen) atoms. The maximum absolute atomic E-state index is 13.8. The third-order valence-corrected chi connectivity index (χ3v) is 6.26. The first kappa shape index (κ1) is 25.1. The molecule has 3 rings (SSSR count). The first-order valence-corrected chi connectivity index (χ1v) is 11.0. The zero-order valence-corrected chi connectivity index (χ0v) is 20.6. The van der Waals surface area contributed by atoms with Gasteiger partial charge in [-0.1, -0.05) is 6.92 Å². The summed E-state index contributed by atoms with van der Waals surface area (Å²) in [5.74, 6) is -2.47. The van der Waals surface area contributed by atoms with Crippen molar-refractivity contribution >= 4 is 17.7 Å². The molecular formula is C25H31NO8. The van der Waals surface area contributed by atoms with Crippen molar-refractivity contribution in [2.75, 3.05) is 35.0 Å². The molecule has 0 bridgehead atoms. The number of rotatable bonds is 7. The molecule has 184 valence electrons. The Balaban J connectivity index is 2.29. The SMILES string of the molecule is CCOC(=O)C1=C(C)NC2=C(C(=O)[C@@H](C(=O)OC)[C@@H](C)C2)[C@H]1c1cc(OC)c(OC)c(OC)c1. The van der Waals surface area contributed by atoms with Crippen LogP contribution in [0.2, 0.25) is 0 Å². The fourth-order valence-corrected chi connectivity index (χ4v) is 4.76. The van der Waals surface area contributed by atoms with Gasteiger partial charge in [0.05, 0.1) is 40.6 Å². The lowest BCUT2D eigenvalue weighted by molar-refractivity contribution is -0.151. The topological polar surface area (TPSA) is 109 Å². The minimum Gasteiger partial charge on any atom is -0.493 e. The van der Waals surface area contributed by atoms with Gasteiger partial charge in [0, 0.05) is 22.9 Å². The quantitative estimate of drug-likeness (QED) is 0.472. The number of methoxy groups -OCH3 is 4. The number of allylic oxidation sites excluding steroid dienone is 3. The van der Waals surface area contributed by atoms with Crippen molar-refractivity contribution in [2.45, 2.75) is 33.1 Å². The Bertz CT molecular complexity index is 1050. The zero-order chi connectivity index (χ0) is 25.2. The lowest BCUT2D eigenvalue weighted by Crippen LogP contribution is -2.43. The second-order valence-electron chi connectivity index (χ2n) is 8.21. The Labute approximate surface area is 199 Å². The molecule has 1 aliphatic heterocycles. The second kappa shape index (κ2) is 10.2.